The average molecular weight is 244 g/mol. The molecule has 0 spiro atoms. The summed E-state index contributed by atoms with van der Waals surface area (Å²) in [4.78, 5) is 4.26. The molecule has 0 amide bonds. The van der Waals surface area contributed by atoms with Gasteiger partial charge in [-0.2, -0.15) is 0 Å². The van der Waals surface area contributed by atoms with E-state index < -0.39 is 5.60 Å². The third-order valence-electron chi connectivity index (χ3n) is 3.64. The third-order valence-corrected chi connectivity index (χ3v) is 3.64. The van der Waals surface area contributed by atoms with Crippen LogP contribution in [0.25, 0.3) is 0 Å². The first kappa shape index (κ1) is 12.8. The van der Waals surface area contributed by atoms with Crippen molar-refractivity contribution in [2.45, 2.75) is 33.3 Å². The van der Waals surface area contributed by atoms with E-state index in [9.17, 15) is 5.11 Å². The predicted octanol–water partition coefficient (Wildman–Crippen LogP) is 2.60. The van der Waals surface area contributed by atoms with E-state index in [0.29, 0.717) is 0 Å². The topological polar surface area (TPSA) is 38.1 Å². The van der Waals surface area contributed by atoms with Crippen molar-refractivity contribution in [3.63, 3.8) is 0 Å². The third kappa shape index (κ3) is 1.95. The second-order valence-electron chi connectivity index (χ2n) is 5.14. The van der Waals surface area contributed by atoms with E-state index in [1.165, 1.54) is 0 Å². The van der Waals surface area contributed by atoms with Gasteiger partial charge >= 0.3 is 0 Å². The molecule has 1 atom stereocenters. The summed E-state index contributed by atoms with van der Waals surface area (Å²) in [7, 11) is 1.93. The van der Waals surface area contributed by atoms with Crippen LogP contribution < -0.4 is 0 Å². The predicted molar refractivity (Wildman–Crippen MR) is 72.5 cm³/mol. The minimum Gasteiger partial charge on any atom is -0.379 e. The Kier molecular flexibility index (Phi) is 3.03. The van der Waals surface area contributed by atoms with Crippen LogP contribution in [0, 0.1) is 20.8 Å². The Labute approximate surface area is 108 Å². The lowest BCUT2D eigenvalue weighted by molar-refractivity contribution is 0.0932. The highest BCUT2D eigenvalue weighted by Gasteiger charge is 2.30. The number of nitrogens with zero attached hydrogens (tertiary/aromatic N) is 2. The van der Waals surface area contributed by atoms with Crippen LogP contribution in [0.15, 0.2) is 24.4 Å². The molecule has 0 saturated heterocycles. The maximum absolute atomic E-state index is 10.9. The molecular formula is C15H20N2O. The van der Waals surface area contributed by atoms with Crippen molar-refractivity contribution in [1.82, 2.24) is 9.55 Å². The quantitative estimate of drug-likeness (QED) is 0.881. The minimum absolute atomic E-state index is 0.814. The van der Waals surface area contributed by atoms with Gasteiger partial charge in [-0.05, 0) is 38.8 Å². The van der Waals surface area contributed by atoms with Gasteiger partial charge in [0.2, 0.25) is 0 Å². The molecule has 0 saturated carbocycles. The van der Waals surface area contributed by atoms with E-state index in [1.54, 1.807) is 6.20 Å². The molecule has 1 N–H and O–H groups in total. The van der Waals surface area contributed by atoms with Gasteiger partial charge < -0.3 is 9.67 Å². The van der Waals surface area contributed by atoms with Crippen LogP contribution >= 0.6 is 0 Å². The SMILES string of the molecule is Cc1ccc(C)c(C(C)(O)c2cnc(C)n2C)c1. The van der Waals surface area contributed by atoms with Crippen molar-refractivity contribution in [1.29, 1.82) is 0 Å². The lowest BCUT2D eigenvalue weighted by atomic mass is 9.88. The Morgan fingerprint density at radius 3 is 2.44 bits per heavy atom. The fraction of sp³-hybridized carbons (Fsp3) is 0.400. The van der Waals surface area contributed by atoms with Crippen LogP contribution in [0.4, 0.5) is 0 Å². The number of aromatic nitrogens is 2. The molecule has 1 aromatic carbocycles. The number of hydrogen-bond donors (Lipinski definition) is 1. The van der Waals surface area contributed by atoms with Crippen molar-refractivity contribution in [3.8, 4) is 0 Å². The smallest absolute Gasteiger partial charge is 0.128 e. The average Bonchev–Trinajstić information content (AvgIpc) is 2.63. The molecule has 0 fully saturated rings. The Bertz CT molecular complexity index is 582. The number of imidazole rings is 1. The largest absolute Gasteiger partial charge is 0.379 e. The monoisotopic (exact) mass is 244 g/mol. The van der Waals surface area contributed by atoms with Crippen LogP contribution in [-0.4, -0.2) is 14.7 Å². The number of rotatable bonds is 2. The highest BCUT2D eigenvalue weighted by Crippen LogP contribution is 2.31. The molecule has 0 bridgehead atoms. The molecule has 1 aromatic heterocycles. The number of aryl methyl sites for hydroxylation is 3. The summed E-state index contributed by atoms with van der Waals surface area (Å²) in [5, 5.41) is 10.9. The first-order chi connectivity index (χ1) is 8.34. The van der Waals surface area contributed by atoms with Crippen LogP contribution in [0.2, 0.25) is 0 Å². The van der Waals surface area contributed by atoms with Gasteiger partial charge in [0.05, 0.1) is 11.9 Å². The lowest BCUT2D eigenvalue weighted by Gasteiger charge is -2.26. The summed E-state index contributed by atoms with van der Waals surface area (Å²) in [6.07, 6.45) is 1.75. The van der Waals surface area contributed by atoms with E-state index in [4.69, 9.17) is 0 Å². The summed E-state index contributed by atoms with van der Waals surface area (Å²) < 4.78 is 1.93. The summed E-state index contributed by atoms with van der Waals surface area (Å²) >= 11 is 0. The highest BCUT2D eigenvalue weighted by molar-refractivity contribution is 5.39. The van der Waals surface area contributed by atoms with Crippen LogP contribution in [-0.2, 0) is 12.6 Å². The van der Waals surface area contributed by atoms with Gasteiger partial charge in [-0.3, -0.25) is 0 Å². The molecular weight excluding hydrogens is 224 g/mol. The van der Waals surface area contributed by atoms with Gasteiger partial charge in [0.1, 0.15) is 11.4 Å². The summed E-state index contributed by atoms with van der Waals surface area (Å²) in [5.41, 5.74) is 2.96. The van der Waals surface area contributed by atoms with Gasteiger partial charge in [0.15, 0.2) is 0 Å². The molecule has 3 nitrogen and oxygen atoms in total. The van der Waals surface area contributed by atoms with Gasteiger partial charge in [0, 0.05) is 7.05 Å². The van der Waals surface area contributed by atoms with Gasteiger partial charge in [0.25, 0.3) is 0 Å². The van der Waals surface area contributed by atoms with Crippen LogP contribution in [0.1, 0.15) is 35.1 Å². The molecule has 0 radical (unpaired) electrons. The zero-order valence-electron chi connectivity index (χ0n) is 11.7. The molecule has 2 aromatic rings. The van der Waals surface area contributed by atoms with Crippen LogP contribution in [0.5, 0.6) is 0 Å². The zero-order chi connectivity index (χ0) is 13.5. The molecule has 0 aliphatic heterocycles. The maximum Gasteiger partial charge on any atom is 0.128 e. The van der Waals surface area contributed by atoms with Crippen molar-refractivity contribution >= 4 is 0 Å². The molecule has 0 aliphatic rings. The van der Waals surface area contributed by atoms with Crippen molar-refractivity contribution in [3.05, 3.63) is 52.6 Å². The first-order valence-corrected chi connectivity index (χ1v) is 6.13. The Morgan fingerprint density at radius 2 is 1.89 bits per heavy atom. The fourth-order valence-electron chi connectivity index (χ4n) is 2.35. The lowest BCUT2D eigenvalue weighted by Crippen LogP contribution is -2.27. The molecule has 96 valence electrons. The maximum atomic E-state index is 10.9. The normalized spacial score (nSPS) is 14.6. The second kappa shape index (κ2) is 4.25. The van der Waals surface area contributed by atoms with E-state index in [0.717, 1.165) is 28.2 Å². The van der Waals surface area contributed by atoms with E-state index >= 15 is 0 Å². The Hall–Kier alpha value is -1.61. The Balaban J connectivity index is 2.60. The van der Waals surface area contributed by atoms with E-state index in [1.807, 2.05) is 51.4 Å². The van der Waals surface area contributed by atoms with Gasteiger partial charge in [-0.15, -0.1) is 0 Å². The van der Waals surface area contributed by atoms with Crippen molar-refractivity contribution in [2.75, 3.05) is 0 Å². The molecule has 1 unspecified atom stereocenters. The number of aliphatic hydroxyl groups is 1. The van der Waals surface area contributed by atoms with Crippen molar-refractivity contribution in [2.24, 2.45) is 7.05 Å². The number of benzene rings is 1. The van der Waals surface area contributed by atoms with Crippen molar-refractivity contribution < 1.29 is 5.11 Å². The van der Waals surface area contributed by atoms with E-state index in [-0.39, 0.29) is 0 Å². The standard InChI is InChI=1S/C15H20N2O/c1-10-6-7-11(2)13(8-10)15(4,18)14-9-16-12(3)17(14)5/h6-9,18H,1-5H3. The molecule has 18 heavy (non-hydrogen) atoms. The molecule has 2 rings (SSSR count). The number of hydrogen-bond acceptors (Lipinski definition) is 2. The summed E-state index contributed by atoms with van der Waals surface area (Å²) in [6, 6.07) is 6.14. The van der Waals surface area contributed by atoms with Crippen LogP contribution in [0.3, 0.4) is 0 Å². The molecule has 1 heterocycles. The van der Waals surface area contributed by atoms with E-state index in [2.05, 4.69) is 11.1 Å². The fourth-order valence-corrected chi connectivity index (χ4v) is 2.35. The highest BCUT2D eigenvalue weighted by atomic mass is 16.3. The molecule has 0 aliphatic carbocycles. The molecule has 3 heteroatoms. The second-order valence-corrected chi connectivity index (χ2v) is 5.14. The zero-order valence-corrected chi connectivity index (χ0v) is 11.7. The summed E-state index contributed by atoms with van der Waals surface area (Å²) in [6.45, 7) is 7.81. The first-order valence-electron chi connectivity index (χ1n) is 6.13. The van der Waals surface area contributed by atoms with Gasteiger partial charge in [-0.25, -0.2) is 4.98 Å². The minimum atomic E-state index is -1.02. The van der Waals surface area contributed by atoms with Gasteiger partial charge in [-0.1, -0.05) is 23.8 Å². The Morgan fingerprint density at radius 1 is 1.22 bits per heavy atom. The summed E-state index contributed by atoms with van der Waals surface area (Å²) in [5.74, 6) is 0.899.